The fraction of sp³-hybridized carbons (Fsp3) is 0.143. The van der Waals surface area contributed by atoms with E-state index in [-0.39, 0.29) is 11.1 Å². The van der Waals surface area contributed by atoms with Gasteiger partial charge in [0.25, 0.3) is 0 Å². The molecule has 0 fully saturated rings. The number of aliphatic hydroxyl groups excluding tert-OH is 1. The molecular formula is C14H9BrF4O2. The first-order valence-electron chi connectivity index (χ1n) is 5.75. The predicted octanol–water partition coefficient (Wildman–Crippen LogP) is 4.57. The summed E-state index contributed by atoms with van der Waals surface area (Å²) >= 11 is 3.06. The van der Waals surface area contributed by atoms with Crippen molar-refractivity contribution in [1.29, 1.82) is 0 Å². The van der Waals surface area contributed by atoms with Crippen molar-refractivity contribution >= 4 is 15.9 Å². The maximum atomic E-state index is 13.8. The van der Waals surface area contributed by atoms with Crippen LogP contribution in [0.3, 0.4) is 0 Å². The van der Waals surface area contributed by atoms with Crippen LogP contribution in [-0.2, 0) is 0 Å². The Morgan fingerprint density at radius 1 is 1.05 bits per heavy atom. The van der Waals surface area contributed by atoms with Crippen molar-refractivity contribution in [3.63, 3.8) is 0 Å². The lowest BCUT2D eigenvalue weighted by molar-refractivity contribution is -0.275. The quantitative estimate of drug-likeness (QED) is 0.808. The summed E-state index contributed by atoms with van der Waals surface area (Å²) in [6, 6.07) is 8.94. The molecule has 1 unspecified atom stereocenters. The molecule has 0 saturated heterocycles. The predicted molar refractivity (Wildman–Crippen MR) is 71.3 cm³/mol. The van der Waals surface area contributed by atoms with Gasteiger partial charge in [-0.1, -0.05) is 40.2 Å². The Bertz CT molecular complexity index is 643. The molecule has 112 valence electrons. The third kappa shape index (κ3) is 3.95. The molecule has 0 bridgehead atoms. The Hall–Kier alpha value is -1.60. The number of rotatable bonds is 3. The first kappa shape index (κ1) is 15.8. The van der Waals surface area contributed by atoms with E-state index in [1.54, 1.807) is 0 Å². The standard InChI is InChI=1S/C14H9BrF4O2/c15-8-5-6-9(11(16)7-8)13(20)10-3-1-2-4-12(10)21-14(17,18)19/h1-7,13,20H. The van der Waals surface area contributed by atoms with E-state index in [1.807, 2.05) is 0 Å². The third-order valence-electron chi connectivity index (χ3n) is 2.70. The van der Waals surface area contributed by atoms with Crippen LogP contribution in [0.5, 0.6) is 5.75 Å². The normalized spacial score (nSPS) is 13.0. The van der Waals surface area contributed by atoms with Crippen molar-refractivity contribution in [2.45, 2.75) is 12.5 Å². The van der Waals surface area contributed by atoms with Crippen LogP contribution in [0.1, 0.15) is 17.2 Å². The molecule has 2 nitrogen and oxygen atoms in total. The topological polar surface area (TPSA) is 29.5 Å². The van der Waals surface area contributed by atoms with Crippen molar-refractivity contribution in [2.24, 2.45) is 0 Å². The summed E-state index contributed by atoms with van der Waals surface area (Å²) in [5.41, 5.74) is -0.313. The molecule has 0 aromatic heterocycles. The van der Waals surface area contributed by atoms with Gasteiger partial charge in [0.15, 0.2) is 0 Å². The average molecular weight is 365 g/mol. The van der Waals surface area contributed by atoms with E-state index in [0.717, 1.165) is 12.1 Å². The Labute approximate surface area is 126 Å². The first-order valence-corrected chi connectivity index (χ1v) is 6.55. The van der Waals surface area contributed by atoms with Gasteiger partial charge in [0.05, 0.1) is 0 Å². The van der Waals surface area contributed by atoms with Gasteiger partial charge >= 0.3 is 6.36 Å². The molecule has 1 N–H and O–H groups in total. The zero-order chi connectivity index (χ0) is 15.6. The molecule has 2 rings (SSSR count). The minimum Gasteiger partial charge on any atom is -0.405 e. The molecular weight excluding hydrogens is 356 g/mol. The summed E-state index contributed by atoms with van der Waals surface area (Å²) in [6.45, 7) is 0. The molecule has 0 aliphatic heterocycles. The minimum absolute atomic E-state index is 0.142. The van der Waals surface area contributed by atoms with Gasteiger partial charge in [-0.3, -0.25) is 0 Å². The molecule has 2 aromatic carbocycles. The molecule has 0 heterocycles. The lowest BCUT2D eigenvalue weighted by atomic mass is 10.0. The summed E-state index contributed by atoms with van der Waals surface area (Å²) in [4.78, 5) is 0. The number of alkyl halides is 3. The highest BCUT2D eigenvalue weighted by Gasteiger charge is 2.33. The van der Waals surface area contributed by atoms with Gasteiger partial charge < -0.3 is 9.84 Å². The maximum absolute atomic E-state index is 13.8. The second-order valence-corrected chi connectivity index (χ2v) is 5.07. The van der Waals surface area contributed by atoms with Crippen molar-refractivity contribution in [3.8, 4) is 5.75 Å². The van der Waals surface area contributed by atoms with Crippen molar-refractivity contribution in [3.05, 3.63) is 63.9 Å². The molecule has 7 heteroatoms. The monoisotopic (exact) mass is 364 g/mol. The molecule has 1 atom stereocenters. The lowest BCUT2D eigenvalue weighted by Crippen LogP contribution is -2.19. The number of halogens is 5. The molecule has 0 aliphatic rings. The molecule has 0 aliphatic carbocycles. The van der Waals surface area contributed by atoms with E-state index >= 15 is 0 Å². The zero-order valence-electron chi connectivity index (χ0n) is 10.4. The maximum Gasteiger partial charge on any atom is 0.573 e. The van der Waals surface area contributed by atoms with E-state index in [9.17, 15) is 22.7 Å². The van der Waals surface area contributed by atoms with Gasteiger partial charge in [-0.15, -0.1) is 13.2 Å². The molecule has 0 spiro atoms. The van der Waals surface area contributed by atoms with Gasteiger partial charge in [0, 0.05) is 15.6 Å². The highest BCUT2D eigenvalue weighted by atomic mass is 79.9. The smallest absolute Gasteiger partial charge is 0.405 e. The summed E-state index contributed by atoms with van der Waals surface area (Å²) in [5.74, 6) is -1.31. The SMILES string of the molecule is OC(c1ccc(Br)cc1F)c1ccccc1OC(F)(F)F. The van der Waals surface area contributed by atoms with Gasteiger partial charge in [-0.2, -0.15) is 0 Å². The summed E-state index contributed by atoms with van der Waals surface area (Å²) < 4.78 is 55.1. The highest BCUT2D eigenvalue weighted by molar-refractivity contribution is 9.10. The van der Waals surface area contributed by atoms with Gasteiger partial charge in [0.2, 0.25) is 0 Å². The number of hydrogen-bond acceptors (Lipinski definition) is 2. The fourth-order valence-corrected chi connectivity index (χ4v) is 2.15. The Morgan fingerprint density at radius 2 is 1.71 bits per heavy atom. The Kier molecular flexibility index (Phi) is 4.53. The van der Waals surface area contributed by atoms with Crippen LogP contribution in [0.4, 0.5) is 17.6 Å². The summed E-state index contributed by atoms with van der Waals surface area (Å²) in [5, 5.41) is 10.1. The molecule has 0 radical (unpaired) electrons. The second kappa shape index (κ2) is 6.03. The van der Waals surface area contributed by atoms with E-state index in [2.05, 4.69) is 20.7 Å². The Morgan fingerprint density at radius 3 is 2.33 bits per heavy atom. The van der Waals surface area contributed by atoms with E-state index in [1.165, 1.54) is 30.3 Å². The molecule has 21 heavy (non-hydrogen) atoms. The molecule has 2 aromatic rings. The number of benzene rings is 2. The van der Waals surface area contributed by atoms with E-state index in [4.69, 9.17) is 0 Å². The lowest BCUT2D eigenvalue weighted by Gasteiger charge is -2.18. The molecule has 0 amide bonds. The number of aliphatic hydroxyl groups is 1. The van der Waals surface area contributed by atoms with Gasteiger partial charge in [0.1, 0.15) is 17.7 Å². The van der Waals surface area contributed by atoms with Crippen LogP contribution < -0.4 is 4.74 Å². The highest BCUT2D eigenvalue weighted by Crippen LogP contribution is 2.34. The molecule has 0 saturated carbocycles. The van der Waals surface area contributed by atoms with Crippen LogP contribution in [0, 0.1) is 5.82 Å². The van der Waals surface area contributed by atoms with Crippen LogP contribution in [0.15, 0.2) is 46.9 Å². The van der Waals surface area contributed by atoms with Crippen molar-refractivity contribution in [1.82, 2.24) is 0 Å². The summed E-state index contributed by atoms with van der Waals surface area (Å²) in [7, 11) is 0. The largest absolute Gasteiger partial charge is 0.573 e. The Balaban J connectivity index is 2.41. The number of hydrogen-bond donors (Lipinski definition) is 1. The minimum atomic E-state index is -4.89. The van der Waals surface area contributed by atoms with Crippen LogP contribution in [0.25, 0.3) is 0 Å². The van der Waals surface area contributed by atoms with E-state index in [0.29, 0.717) is 4.47 Å². The average Bonchev–Trinajstić information content (AvgIpc) is 2.36. The second-order valence-electron chi connectivity index (χ2n) is 4.15. The summed E-state index contributed by atoms with van der Waals surface area (Å²) in [6.07, 6.45) is -6.47. The van der Waals surface area contributed by atoms with Crippen LogP contribution in [-0.4, -0.2) is 11.5 Å². The third-order valence-corrected chi connectivity index (χ3v) is 3.19. The van der Waals surface area contributed by atoms with Crippen molar-refractivity contribution in [2.75, 3.05) is 0 Å². The number of ether oxygens (including phenoxy) is 1. The zero-order valence-corrected chi connectivity index (χ0v) is 12.0. The van der Waals surface area contributed by atoms with Crippen LogP contribution >= 0.6 is 15.9 Å². The number of para-hydroxylation sites is 1. The fourth-order valence-electron chi connectivity index (χ4n) is 1.81. The first-order chi connectivity index (χ1) is 9.78. The van der Waals surface area contributed by atoms with Gasteiger partial charge in [-0.25, -0.2) is 4.39 Å². The van der Waals surface area contributed by atoms with Crippen LogP contribution in [0.2, 0.25) is 0 Å². The van der Waals surface area contributed by atoms with Crippen molar-refractivity contribution < 1.29 is 27.4 Å². The van der Waals surface area contributed by atoms with E-state index < -0.39 is 24.0 Å². The van der Waals surface area contributed by atoms with Gasteiger partial charge in [-0.05, 0) is 18.2 Å².